The SMILES string of the molecule is CCn1c(C)nc2cc(NC(=O)Cn3ncc4ccccc4c3=O)ccc21. The Hall–Kier alpha value is -3.48. The average Bonchev–Trinajstić information content (AvgIpc) is 2.98. The second-order valence-corrected chi connectivity index (χ2v) is 6.35. The van der Waals surface area contributed by atoms with E-state index in [2.05, 4.69) is 26.9 Å². The number of aromatic nitrogens is 4. The molecule has 0 atom stereocenters. The molecular formula is C20H19N5O2. The van der Waals surface area contributed by atoms with Crippen molar-refractivity contribution < 1.29 is 4.79 Å². The van der Waals surface area contributed by atoms with E-state index in [0.717, 1.165) is 28.8 Å². The number of hydrogen-bond acceptors (Lipinski definition) is 4. The minimum atomic E-state index is -0.314. The zero-order valence-corrected chi connectivity index (χ0v) is 15.1. The number of nitrogens with one attached hydrogen (secondary N) is 1. The first-order chi connectivity index (χ1) is 13.1. The van der Waals surface area contributed by atoms with Crippen molar-refractivity contribution in [2.24, 2.45) is 0 Å². The van der Waals surface area contributed by atoms with E-state index < -0.39 is 0 Å². The highest BCUT2D eigenvalue weighted by molar-refractivity contribution is 5.93. The van der Waals surface area contributed by atoms with Crippen LogP contribution in [0.3, 0.4) is 0 Å². The van der Waals surface area contributed by atoms with Crippen LogP contribution in [0.5, 0.6) is 0 Å². The fourth-order valence-corrected chi connectivity index (χ4v) is 3.30. The highest BCUT2D eigenvalue weighted by Crippen LogP contribution is 2.20. The van der Waals surface area contributed by atoms with Gasteiger partial charge in [0, 0.05) is 17.6 Å². The number of carbonyl (C=O) groups is 1. The van der Waals surface area contributed by atoms with Gasteiger partial charge in [0.05, 0.1) is 22.6 Å². The Bertz CT molecular complexity index is 1220. The quantitative estimate of drug-likeness (QED) is 0.606. The number of fused-ring (bicyclic) bond motifs is 2. The third-order valence-electron chi connectivity index (χ3n) is 4.59. The van der Waals surface area contributed by atoms with Crippen LogP contribution in [0.25, 0.3) is 21.8 Å². The van der Waals surface area contributed by atoms with Crippen LogP contribution in [0.15, 0.2) is 53.5 Å². The van der Waals surface area contributed by atoms with E-state index in [1.807, 2.05) is 37.3 Å². The molecule has 4 aromatic rings. The molecule has 0 spiro atoms. The van der Waals surface area contributed by atoms with Crippen molar-refractivity contribution in [3.05, 3.63) is 64.8 Å². The van der Waals surface area contributed by atoms with Gasteiger partial charge < -0.3 is 9.88 Å². The van der Waals surface area contributed by atoms with Crippen molar-refractivity contribution in [2.75, 3.05) is 5.32 Å². The fourth-order valence-electron chi connectivity index (χ4n) is 3.30. The summed E-state index contributed by atoms with van der Waals surface area (Å²) in [5.74, 6) is 0.619. The van der Waals surface area contributed by atoms with Crippen molar-refractivity contribution in [3.63, 3.8) is 0 Å². The highest BCUT2D eigenvalue weighted by atomic mass is 16.2. The largest absolute Gasteiger partial charge is 0.329 e. The van der Waals surface area contributed by atoms with Gasteiger partial charge in [-0.1, -0.05) is 18.2 Å². The van der Waals surface area contributed by atoms with Crippen molar-refractivity contribution in [2.45, 2.75) is 26.9 Å². The second kappa shape index (κ2) is 6.68. The molecular weight excluding hydrogens is 342 g/mol. The van der Waals surface area contributed by atoms with E-state index in [1.165, 1.54) is 4.68 Å². The summed E-state index contributed by atoms with van der Waals surface area (Å²) in [5.41, 5.74) is 2.21. The summed E-state index contributed by atoms with van der Waals surface area (Å²) < 4.78 is 3.28. The van der Waals surface area contributed by atoms with Crippen LogP contribution in [-0.2, 0) is 17.9 Å². The average molecular weight is 361 g/mol. The van der Waals surface area contributed by atoms with Gasteiger partial charge in [-0.25, -0.2) is 9.67 Å². The van der Waals surface area contributed by atoms with E-state index in [4.69, 9.17) is 0 Å². The zero-order valence-electron chi connectivity index (χ0n) is 15.1. The molecule has 2 heterocycles. The van der Waals surface area contributed by atoms with Crippen LogP contribution in [0.2, 0.25) is 0 Å². The van der Waals surface area contributed by atoms with Gasteiger partial charge in [0.15, 0.2) is 0 Å². The first kappa shape index (κ1) is 17.0. The van der Waals surface area contributed by atoms with Gasteiger partial charge in [0.2, 0.25) is 5.91 Å². The first-order valence-electron chi connectivity index (χ1n) is 8.78. The Labute approximate surface area is 155 Å². The molecule has 7 nitrogen and oxygen atoms in total. The molecule has 27 heavy (non-hydrogen) atoms. The molecule has 0 saturated heterocycles. The summed E-state index contributed by atoms with van der Waals surface area (Å²) in [5, 5.41) is 8.21. The third kappa shape index (κ3) is 3.08. The van der Waals surface area contributed by atoms with Crippen molar-refractivity contribution in [1.29, 1.82) is 0 Å². The van der Waals surface area contributed by atoms with Gasteiger partial charge >= 0.3 is 0 Å². The maximum atomic E-state index is 12.5. The lowest BCUT2D eigenvalue weighted by Crippen LogP contribution is -2.29. The van der Waals surface area contributed by atoms with Crippen LogP contribution in [0.1, 0.15) is 12.7 Å². The van der Waals surface area contributed by atoms with Crippen molar-refractivity contribution >= 4 is 33.4 Å². The topological polar surface area (TPSA) is 81.8 Å². The molecule has 0 aliphatic heterocycles. The maximum absolute atomic E-state index is 12.5. The number of aryl methyl sites for hydroxylation is 2. The summed E-state index contributed by atoms with van der Waals surface area (Å²) in [7, 11) is 0. The van der Waals surface area contributed by atoms with Gasteiger partial charge in [-0.05, 0) is 38.1 Å². The van der Waals surface area contributed by atoms with Crippen LogP contribution in [0, 0.1) is 6.92 Å². The molecule has 2 aromatic heterocycles. The van der Waals surface area contributed by atoms with Crippen molar-refractivity contribution in [1.82, 2.24) is 19.3 Å². The lowest BCUT2D eigenvalue weighted by atomic mass is 10.2. The molecule has 0 aliphatic rings. The number of nitrogens with zero attached hydrogens (tertiary/aromatic N) is 4. The minimum absolute atomic E-state index is 0.149. The summed E-state index contributed by atoms with van der Waals surface area (Å²) >= 11 is 0. The summed E-state index contributed by atoms with van der Waals surface area (Å²) in [6.07, 6.45) is 1.59. The molecule has 0 bridgehead atoms. The lowest BCUT2D eigenvalue weighted by molar-refractivity contribution is -0.117. The number of anilines is 1. The smallest absolute Gasteiger partial charge is 0.275 e. The monoisotopic (exact) mass is 361 g/mol. The molecule has 2 aromatic carbocycles. The number of amides is 1. The van der Waals surface area contributed by atoms with Crippen LogP contribution in [0.4, 0.5) is 5.69 Å². The maximum Gasteiger partial charge on any atom is 0.275 e. The normalized spacial score (nSPS) is 11.2. The Kier molecular flexibility index (Phi) is 4.19. The molecule has 1 amide bonds. The molecule has 0 radical (unpaired) electrons. The number of carbonyl (C=O) groups excluding carboxylic acids is 1. The van der Waals surface area contributed by atoms with E-state index in [0.29, 0.717) is 11.1 Å². The molecule has 7 heteroatoms. The van der Waals surface area contributed by atoms with E-state index in [9.17, 15) is 9.59 Å². The number of rotatable bonds is 4. The number of hydrogen-bond donors (Lipinski definition) is 1. The van der Waals surface area contributed by atoms with Crippen LogP contribution in [-0.4, -0.2) is 25.2 Å². The summed E-state index contributed by atoms with van der Waals surface area (Å²) in [6, 6.07) is 12.8. The third-order valence-corrected chi connectivity index (χ3v) is 4.59. The Balaban J connectivity index is 1.57. The zero-order chi connectivity index (χ0) is 19.0. The van der Waals surface area contributed by atoms with E-state index in [1.54, 1.807) is 18.3 Å². The highest BCUT2D eigenvalue weighted by Gasteiger charge is 2.11. The van der Waals surface area contributed by atoms with Gasteiger partial charge in [-0.2, -0.15) is 5.10 Å². The molecule has 4 rings (SSSR count). The Morgan fingerprint density at radius 3 is 2.81 bits per heavy atom. The lowest BCUT2D eigenvalue weighted by Gasteiger charge is -2.08. The standard InChI is InChI=1S/C20H19N5O2/c1-3-24-13(2)22-17-10-15(8-9-18(17)24)23-19(26)12-25-20(27)16-7-5-4-6-14(16)11-21-25/h4-11H,3,12H2,1-2H3,(H,23,26). The van der Waals surface area contributed by atoms with Gasteiger partial charge in [0.1, 0.15) is 12.4 Å². The second-order valence-electron chi connectivity index (χ2n) is 6.35. The minimum Gasteiger partial charge on any atom is -0.329 e. The first-order valence-corrected chi connectivity index (χ1v) is 8.78. The van der Waals surface area contributed by atoms with Crippen LogP contribution >= 0.6 is 0 Å². The number of benzene rings is 2. The van der Waals surface area contributed by atoms with Gasteiger partial charge in [0.25, 0.3) is 5.56 Å². The number of imidazole rings is 1. The Morgan fingerprint density at radius 1 is 1.19 bits per heavy atom. The molecule has 0 saturated carbocycles. The summed E-state index contributed by atoms with van der Waals surface area (Å²) in [4.78, 5) is 29.4. The predicted molar refractivity (Wildman–Crippen MR) is 105 cm³/mol. The predicted octanol–water partition coefficient (Wildman–Crippen LogP) is 2.71. The fraction of sp³-hybridized carbons (Fsp3) is 0.200. The van der Waals surface area contributed by atoms with Gasteiger partial charge in [-0.3, -0.25) is 9.59 Å². The summed E-state index contributed by atoms with van der Waals surface area (Å²) in [6.45, 7) is 4.71. The molecule has 0 aliphatic carbocycles. The van der Waals surface area contributed by atoms with Crippen LogP contribution < -0.4 is 10.9 Å². The van der Waals surface area contributed by atoms with E-state index in [-0.39, 0.29) is 18.0 Å². The molecule has 136 valence electrons. The Morgan fingerprint density at radius 2 is 2.00 bits per heavy atom. The molecule has 1 N–H and O–H groups in total. The van der Waals surface area contributed by atoms with Gasteiger partial charge in [-0.15, -0.1) is 0 Å². The van der Waals surface area contributed by atoms with E-state index >= 15 is 0 Å². The van der Waals surface area contributed by atoms with Crippen molar-refractivity contribution in [3.8, 4) is 0 Å². The molecule has 0 fully saturated rings. The molecule has 0 unspecified atom stereocenters.